The first-order chi connectivity index (χ1) is 16.9. The van der Waals surface area contributed by atoms with E-state index in [9.17, 15) is 20.0 Å². The molecule has 0 radical (unpaired) electrons. The summed E-state index contributed by atoms with van der Waals surface area (Å²) in [4.78, 5) is 23.1. The van der Waals surface area contributed by atoms with Crippen LogP contribution in [-0.2, 0) is 4.79 Å². The number of nitrogens with one attached hydrogen (secondary N) is 1. The molecule has 1 aromatic heterocycles. The number of phenolic OH excluding ortho intramolecular Hbond substituents is 1. The topological polar surface area (TPSA) is 132 Å². The van der Waals surface area contributed by atoms with E-state index in [2.05, 4.69) is 15.5 Å². The highest BCUT2D eigenvalue weighted by atomic mass is 32.2. The molecular weight excluding hydrogens is 470 g/mol. The monoisotopic (exact) mass is 491 g/mol. The number of methoxy groups -OCH3 is 1. The first-order valence-corrected chi connectivity index (χ1v) is 11.4. The lowest BCUT2D eigenvalue weighted by molar-refractivity contribution is -0.384. The van der Waals surface area contributed by atoms with Crippen molar-refractivity contribution >= 4 is 29.0 Å². The van der Waals surface area contributed by atoms with Crippen molar-refractivity contribution in [2.45, 2.75) is 12.1 Å². The van der Waals surface area contributed by atoms with Crippen LogP contribution in [0.2, 0.25) is 0 Å². The van der Waals surface area contributed by atoms with E-state index < -0.39 is 4.92 Å². The highest BCUT2D eigenvalue weighted by Crippen LogP contribution is 2.33. The average molecular weight is 492 g/mol. The lowest BCUT2D eigenvalue weighted by atomic mass is 10.1. The number of nitro benzene ring substituents is 1. The van der Waals surface area contributed by atoms with Gasteiger partial charge in [0.25, 0.3) is 5.69 Å². The van der Waals surface area contributed by atoms with Crippen molar-refractivity contribution in [1.82, 2.24) is 14.8 Å². The van der Waals surface area contributed by atoms with Gasteiger partial charge in [0.05, 0.1) is 35.1 Å². The fourth-order valence-corrected chi connectivity index (χ4v) is 4.09. The van der Waals surface area contributed by atoms with Crippen LogP contribution in [0, 0.1) is 17.0 Å². The summed E-state index contributed by atoms with van der Waals surface area (Å²) in [5.74, 6) is 0.317. The number of carbonyl (C=O) groups is 1. The van der Waals surface area contributed by atoms with Gasteiger partial charge < -0.3 is 15.2 Å². The molecular formula is C24H21N5O5S. The Hall–Kier alpha value is -4.38. The van der Waals surface area contributed by atoms with E-state index in [1.807, 2.05) is 31.2 Å². The number of benzene rings is 3. The van der Waals surface area contributed by atoms with Crippen molar-refractivity contribution in [2.75, 3.05) is 18.2 Å². The minimum atomic E-state index is -0.538. The molecule has 0 atom stereocenters. The Morgan fingerprint density at radius 1 is 1.14 bits per heavy atom. The third-order valence-corrected chi connectivity index (χ3v) is 6.00. The zero-order valence-corrected chi connectivity index (χ0v) is 19.7. The molecule has 35 heavy (non-hydrogen) atoms. The van der Waals surface area contributed by atoms with Crippen LogP contribution >= 0.6 is 11.8 Å². The van der Waals surface area contributed by atoms with Gasteiger partial charge in [0.15, 0.2) is 11.0 Å². The number of aromatic hydroxyl groups is 1. The number of nitrogens with zero attached hydrogens (tertiary/aromatic N) is 4. The van der Waals surface area contributed by atoms with Crippen LogP contribution in [0.25, 0.3) is 17.1 Å². The maximum Gasteiger partial charge on any atom is 0.273 e. The summed E-state index contributed by atoms with van der Waals surface area (Å²) in [7, 11) is 1.37. The summed E-state index contributed by atoms with van der Waals surface area (Å²) in [5, 5.41) is 33.1. The van der Waals surface area contributed by atoms with Gasteiger partial charge in [-0.25, -0.2) is 0 Å². The second kappa shape index (κ2) is 10.3. The van der Waals surface area contributed by atoms with Crippen LogP contribution in [0.5, 0.6) is 11.5 Å². The van der Waals surface area contributed by atoms with Crippen molar-refractivity contribution in [2.24, 2.45) is 0 Å². The standard InChI is InChI=1S/C24H21N5O5S/c1-15-7-9-16(10-8-15)28-23(18-5-3-4-6-20(18)30)26-27-24(28)35-14-22(31)25-19-12-11-17(29(32)33)13-21(19)34-2/h3-13,30H,14H2,1-2H3,(H,25,31). The summed E-state index contributed by atoms with van der Waals surface area (Å²) in [6, 6.07) is 18.5. The van der Waals surface area contributed by atoms with E-state index in [1.54, 1.807) is 28.8 Å². The molecule has 0 fully saturated rings. The van der Waals surface area contributed by atoms with E-state index in [-0.39, 0.29) is 28.8 Å². The smallest absolute Gasteiger partial charge is 0.273 e. The molecule has 0 saturated carbocycles. The van der Waals surface area contributed by atoms with Gasteiger partial charge in [-0.2, -0.15) is 0 Å². The molecule has 0 aliphatic heterocycles. The average Bonchev–Trinajstić information content (AvgIpc) is 3.27. The van der Waals surface area contributed by atoms with Crippen LogP contribution in [0.4, 0.5) is 11.4 Å². The van der Waals surface area contributed by atoms with Crippen molar-refractivity contribution in [3.05, 3.63) is 82.4 Å². The number of anilines is 1. The summed E-state index contributed by atoms with van der Waals surface area (Å²) in [5.41, 5.74) is 2.54. The third-order valence-electron chi connectivity index (χ3n) is 5.07. The second-order valence-corrected chi connectivity index (χ2v) is 8.42. The van der Waals surface area contributed by atoms with Crippen LogP contribution in [0.1, 0.15) is 5.56 Å². The number of ether oxygens (including phenoxy) is 1. The number of phenols is 1. The molecule has 10 nitrogen and oxygen atoms in total. The molecule has 0 aliphatic rings. The molecule has 4 rings (SSSR count). The Labute approximate surface area is 204 Å². The Kier molecular flexibility index (Phi) is 6.97. The zero-order chi connectivity index (χ0) is 24.9. The van der Waals surface area contributed by atoms with Crippen molar-refractivity contribution in [1.29, 1.82) is 0 Å². The molecule has 2 N–H and O–H groups in total. The molecule has 4 aromatic rings. The van der Waals surface area contributed by atoms with Gasteiger partial charge in [0, 0.05) is 11.8 Å². The molecule has 3 aromatic carbocycles. The van der Waals surface area contributed by atoms with Gasteiger partial charge in [0.2, 0.25) is 5.91 Å². The number of para-hydroxylation sites is 1. The Bertz CT molecular complexity index is 1390. The van der Waals surface area contributed by atoms with Crippen LogP contribution < -0.4 is 10.1 Å². The molecule has 1 amide bonds. The summed E-state index contributed by atoms with van der Waals surface area (Å²) >= 11 is 1.16. The fraction of sp³-hybridized carbons (Fsp3) is 0.125. The second-order valence-electron chi connectivity index (χ2n) is 7.47. The van der Waals surface area contributed by atoms with Crippen LogP contribution in [-0.4, -0.2) is 43.6 Å². The number of hydrogen-bond acceptors (Lipinski definition) is 8. The number of aromatic nitrogens is 3. The van der Waals surface area contributed by atoms with Gasteiger partial charge in [-0.15, -0.1) is 10.2 Å². The van der Waals surface area contributed by atoms with Crippen LogP contribution in [0.3, 0.4) is 0 Å². The highest BCUT2D eigenvalue weighted by Gasteiger charge is 2.20. The lowest BCUT2D eigenvalue weighted by Crippen LogP contribution is -2.15. The van der Waals surface area contributed by atoms with Gasteiger partial charge in [-0.05, 0) is 37.3 Å². The van der Waals surface area contributed by atoms with E-state index in [4.69, 9.17) is 4.74 Å². The maximum atomic E-state index is 12.7. The minimum absolute atomic E-state index is 0.00902. The largest absolute Gasteiger partial charge is 0.507 e. The number of thioether (sulfide) groups is 1. The quantitative estimate of drug-likeness (QED) is 0.208. The molecule has 1 heterocycles. The zero-order valence-electron chi connectivity index (χ0n) is 18.8. The lowest BCUT2D eigenvalue weighted by Gasteiger charge is -2.12. The number of rotatable bonds is 8. The predicted molar refractivity (Wildman–Crippen MR) is 132 cm³/mol. The Balaban J connectivity index is 1.59. The summed E-state index contributed by atoms with van der Waals surface area (Å²) in [6.07, 6.45) is 0. The summed E-state index contributed by atoms with van der Waals surface area (Å²) < 4.78 is 6.95. The van der Waals surface area contributed by atoms with Crippen molar-refractivity contribution < 1.29 is 19.6 Å². The Morgan fingerprint density at radius 2 is 1.89 bits per heavy atom. The number of amides is 1. The van der Waals surface area contributed by atoms with Gasteiger partial charge >= 0.3 is 0 Å². The van der Waals surface area contributed by atoms with E-state index in [0.717, 1.165) is 23.0 Å². The van der Waals surface area contributed by atoms with E-state index in [1.165, 1.54) is 25.3 Å². The molecule has 11 heteroatoms. The number of hydrogen-bond donors (Lipinski definition) is 2. The first kappa shape index (κ1) is 23.8. The van der Waals surface area contributed by atoms with E-state index in [0.29, 0.717) is 22.2 Å². The third kappa shape index (κ3) is 5.25. The number of aryl methyl sites for hydroxylation is 1. The van der Waals surface area contributed by atoms with Crippen molar-refractivity contribution in [3.63, 3.8) is 0 Å². The van der Waals surface area contributed by atoms with E-state index >= 15 is 0 Å². The first-order valence-electron chi connectivity index (χ1n) is 10.4. The normalized spacial score (nSPS) is 10.7. The van der Waals surface area contributed by atoms with Gasteiger partial charge in [-0.1, -0.05) is 41.6 Å². The Morgan fingerprint density at radius 3 is 2.57 bits per heavy atom. The molecule has 178 valence electrons. The number of non-ortho nitro benzene ring substituents is 1. The molecule has 0 saturated heterocycles. The molecule has 0 spiro atoms. The number of nitro groups is 1. The van der Waals surface area contributed by atoms with Gasteiger partial charge in [-0.3, -0.25) is 19.5 Å². The number of carbonyl (C=O) groups excluding carboxylic acids is 1. The summed E-state index contributed by atoms with van der Waals surface area (Å²) in [6.45, 7) is 1.98. The van der Waals surface area contributed by atoms with Crippen LogP contribution in [0.15, 0.2) is 71.9 Å². The highest BCUT2D eigenvalue weighted by molar-refractivity contribution is 7.99. The molecule has 0 bridgehead atoms. The SMILES string of the molecule is COc1cc([N+](=O)[O-])ccc1NC(=O)CSc1nnc(-c2ccccc2O)n1-c1ccc(C)cc1. The maximum absolute atomic E-state index is 12.7. The predicted octanol–water partition coefficient (Wildman–Crippen LogP) is 4.60. The van der Waals surface area contributed by atoms with Crippen molar-refractivity contribution in [3.8, 4) is 28.6 Å². The molecule has 0 aliphatic carbocycles. The fourth-order valence-electron chi connectivity index (χ4n) is 3.34. The molecule has 0 unspecified atom stereocenters. The van der Waals surface area contributed by atoms with Gasteiger partial charge in [0.1, 0.15) is 11.5 Å². The minimum Gasteiger partial charge on any atom is -0.507 e.